The molecule has 0 bridgehead atoms. The van der Waals surface area contributed by atoms with E-state index < -0.39 is 0 Å². The topological polar surface area (TPSA) is 71.8 Å². The predicted molar refractivity (Wildman–Crippen MR) is 73.1 cm³/mol. The maximum Gasteiger partial charge on any atom is 0.238 e. The highest BCUT2D eigenvalue weighted by Crippen LogP contribution is 2.18. The van der Waals surface area contributed by atoms with E-state index in [9.17, 15) is 4.79 Å². The summed E-state index contributed by atoms with van der Waals surface area (Å²) in [6.45, 7) is 3.20. The first kappa shape index (κ1) is 13.2. The minimum Gasteiger partial charge on any atom is -0.323 e. The number of rotatable bonds is 6. The molecule has 0 spiro atoms. The fourth-order valence-corrected chi connectivity index (χ4v) is 1.69. The third-order valence-corrected chi connectivity index (χ3v) is 2.56. The van der Waals surface area contributed by atoms with Crippen LogP contribution in [0.2, 0.25) is 0 Å². The number of carbonyl (C=O) groups excluding carboxylic acids is 1. The number of carbonyl (C=O) groups is 1. The van der Waals surface area contributed by atoms with E-state index in [2.05, 4.69) is 27.9 Å². The molecule has 6 nitrogen and oxygen atoms in total. The van der Waals surface area contributed by atoms with Crippen LogP contribution in [-0.4, -0.2) is 34.0 Å². The zero-order chi connectivity index (χ0) is 13.5. The molecular formula is C13H17N5O. The second-order valence-electron chi connectivity index (χ2n) is 4.09. The van der Waals surface area contributed by atoms with Gasteiger partial charge in [-0.15, -0.1) is 5.10 Å². The Morgan fingerprint density at radius 3 is 2.95 bits per heavy atom. The number of anilines is 1. The second-order valence-corrected chi connectivity index (χ2v) is 4.09. The van der Waals surface area contributed by atoms with Crippen LogP contribution >= 0.6 is 0 Å². The lowest BCUT2D eigenvalue weighted by Gasteiger charge is -2.10. The molecule has 100 valence electrons. The lowest BCUT2D eigenvalue weighted by Crippen LogP contribution is -2.28. The zero-order valence-corrected chi connectivity index (χ0v) is 10.8. The number of nitrogens with zero attached hydrogens (tertiary/aromatic N) is 3. The molecule has 6 heteroatoms. The minimum atomic E-state index is -0.0685. The molecule has 2 aromatic rings. The lowest BCUT2D eigenvalue weighted by molar-refractivity contribution is -0.115. The van der Waals surface area contributed by atoms with E-state index in [0.717, 1.165) is 24.3 Å². The Morgan fingerprint density at radius 2 is 2.21 bits per heavy atom. The Balaban J connectivity index is 2.06. The zero-order valence-electron chi connectivity index (χ0n) is 10.8. The average Bonchev–Trinajstić information content (AvgIpc) is 2.93. The van der Waals surface area contributed by atoms with Crippen LogP contribution in [0.5, 0.6) is 0 Å². The van der Waals surface area contributed by atoms with E-state index in [4.69, 9.17) is 0 Å². The highest BCUT2D eigenvalue weighted by molar-refractivity contribution is 5.94. The van der Waals surface area contributed by atoms with Gasteiger partial charge in [0.25, 0.3) is 0 Å². The number of para-hydroxylation sites is 2. The summed E-state index contributed by atoms with van der Waals surface area (Å²) < 4.78 is 1.62. The van der Waals surface area contributed by atoms with Crippen LogP contribution in [0.15, 0.2) is 36.7 Å². The molecule has 0 saturated heterocycles. The number of aromatic nitrogens is 3. The summed E-state index contributed by atoms with van der Waals surface area (Å²) >= 11 is 0. The van der Waals surface area contributed by atoms with Crippen LogP contribution in [0.3, 0.4) is 0 Å². The summed E-state index contributed by atoms with van der Waals surface area (Å²) in [6.07, 6.45) is 4.34. The van der Waals surface area contributed by atoms with Crippen molar-refractivity contribution in [3.05, 3.63) is 36.7 Å². The van der Waals surface area contributed by atoms with Gasteiger partial charge in [-0.2, -0.15) is 0 Å². The maximum absolute atomic E-state index is 11.8. The number of hydrogen-bond donors (Lipinski definition) is 2. The Labute approximate surface area is 111 Å². The molecule has 0 aliphatic heterocycles. The van der Waals surface area contributed by atoms with E-state index in [1.54, 1.807) is 17.1 Å². The summed E-state index contributed by atoms with van der Waals surface area (Å²) in [5, 5.41) is 13.6. The van der Waals surface area contributed by atoms with Crippen molar-refractivity contribution in [2.45, 2.75) is 13.3 Å². The number of amides is 1. The van der Waals surface area contributed by atoms with Gasteiger partial charge < -0.3 is 10.6 Å². The number of nitrogens with one attached hydrogen (secondary N) is 2. The summed E-state index contributed by atoms with van der Waals surface area (Å²) in [6, 6.07) is 7.48. The molecule has 0 fully saturated rings. The van der Waals surface area contributed by atoms with Crippen LogP contribution in [0.4, 0.5) is 5.69 Å². The first-order chi connectivity index (χ1) is 9.31. The first-order valence-corrected chi connectivity index (χ1v) is 6.27. The molecule has 1 heterocycles. The van der Waals surface area contributed by atoms with Crippen LogP contribution in [0.25, 0.3) is 5.69 Å². The normalized spacial score (nSPS) is 10.4. The second kappa shape index (κ2) is 6.65. The van der Waals surface area contributed by atoms with Crippen molar-refractivity contribution >= 4 is 11.6 Å². The molecular weight excluding hydrogens is 242 g/mol. The first-order valence-electron chi connectivity index (χ1n) is 6.27. The summed E-state index contributed by atoms with van der Waals surface area (Å²) in [5.74, 6) is -0.0685. The molecule has 0 saturated carbocycles. The highest BCUT2D eigenvalue weighted by atomic mass is 16.1. The molecule has 2 rings (SSSR count). The van der Waals surface area contributed by atoms with Crippen molar-refractivity contribution in [2.75, 3.05) is 18.4 Å². The molecule has 2 N–H and O–H groups in total. The molecule has 0 radical (unpaired) electrons. The van der Waals surface area contributed by atoms with Gasteiger partial charge in [0.05, 0.1) is 30.3 Å². The Bertz CT molecular complexity index is 524. The predicted octanol–water partition coefficient (Wildman–Crippen LogP) is 1.21. The number of benzene rings is 1. The van der Waals surface area contributed by atoms with E-state index in [1.807, 2.05) is 24.3 Å². The highest BCUT2D eigenvalue weighted by Gasteiger charge is 2.07. The number of hydrogen-bond acceptors (Lipinski definition) is 4. The quantitative estimate of drug-likeness (QED) is 0.765. The van der Waals surface area contributed by atoms with Gasteiger partial charge in [-0.25, -0.2) is 4.68 Å². The third-order valence-electron chi connectivity index (χ3n) is 2.56. The minimum absolute atomic E-state index is 0.0685. The molecule has 1 aromatic carbocycles. The molecule has 0 aliphatic carbocycles. The monoisotopic (exact) mass is 259 g/mol. The van der Waals surface area contributed by atoms with Gasteiger partial charge in [-0.3, -0.25) is 4.79 Å². The SMILES string of the molecule is CCCNCC(=O)Nc1ccccc1-n1ccnn1. The molecule has 19 heavy (non-hydrogen) atoms. The van der Waals surface area contributed by atoms with Crippen molar-refractivity contribution in [3.63, 3.8) is 0 Å². The summed E-state index contributed by atoms with van der Waals surface area (Å²) in [4.78, 5) is 11.8. The van der Waals surface area contributed by atoms with Crippen LogP contribution in [0.1, 0.15) is 13.3 Å². The smallest absolute Gasteiger partial charge is 0.238 e. The van der Waals surface area contributed by atoms with Gasteiger partial charge in [0.15, 0.2) is 0 Å². The van der Waals surface area contributed by atoms with Crippen molar-refractivity contribution in [1.29, 1.82) is 0 Å². The maximum atomic E-state index is 11.8. The molecule has 0 unspecified atom stereocenters. The third kappa shape index (κ3) is 3.62. The van der Waals surface area contributed by atoms with Gasteiger partial charge >= 0.3 is 0 Å². The Hall–Kier alpha value is -2.21. The molecule has 1 amide bonds. The van der Waals surface area contributed by atoms with Crippen LogP contribution < -0.4 is 10.6 Å². The fraction of sp³-hybridized carbons (Fsp3) is 0.308. The Morgan fingerprint density at radius 1 is 1.37 bits per heavy atom. The van der Waals surface area contributed by atoms with Gasteiger partial charge in [0, 0.05) is 0 Å². The van der Waals surface area contributed by atoms with Gasteiger partial charge in [-0.1, -0.05) is 24.3 Å². The van der Waals surface area contributed by atoms with Crippen LogP contribution in [0, 0.1) is 0 Å². The summed E-state index contributed by atoms with van der Waals surface area (Å²) in [5.41, 5.74) is 1.51. The van der Waals surface area contributed by atoms with E-state index in [1.165, 1.54) is 0 Å². The van der Waals surface area contributed by atoms with Crippen LogP contribution in [-0.2, 0) is 4.79 Å². The van der Waals surface area contributed by atoms with E-state index >= 15 is 0 Å². The summed E-state index contributed by atoms with van der Waals surface area (Å²) in [7, 11) is 0. The fourth-order valence-electron chi connectivity index (χ4n) is 1.69. The van der Waals surface area contributed by atoms with Crippen molar-refractivity contribution < 1.29 is 4.79 Å². The van der Waals surface area contributed by atoms with Gasteiger partial charge in [0.1, 0.15) is 0 Å². The Kier molecular flexibility index (Phi) is 4.63. The van der Waals surface area contributed by atoms with E-state index in [-0.39, 0.29) is 5.91 Å². The average molecular weight is 259 g/mol. The lowest BCUT2D eigenvalue weighted by atomic mass is 10.2. The van der Waals surface area contributed by atoms with Gasteiger partial charge in [0.2, 0.25) is 5.91 Å². The molecule has 0 atom stereocenters. The van der Waals surface area contributed by atoms with Gasteiger partial charge in [-0.05, 0) is 25.1 Å². The molecule has 1 aromatic heterocycles. The van der Waals surface area contributed by atoms with Crippen molar-refractivity contribution in [3.8, 4) is 5.69 Å². The molecule has 0 aliphatic rings. The van der Waals surface area contributed by atoms with Crippen molar-refractivity contribution in [2.24, 2.45) is 0 Å². The standard InChI is InChI=1S/C13H17N5O/c1-2-7-14-10-13(19)16-11-5-3-4-6-12(11)18-9-8-15-17-18/h3-6,8-9,14H,2,7,10H2,1H3,(H,16,19). The van der Waals surface area contributed by atoms with Crippen molar-refractivity contribution in [1.82, 2.24) is 20.3 Å². The van der Waals surface area contributed by atoms with E-state index in [0.29, 0.717) is 6.54 Å². The largest absolute Gasteiger partial charge is 0.323 e.